The van der Waals surface area contributed by atoms with Gasteiger partial charge in [-0.3, -0.25) is 10.1 Å². The minimum atomic E-state index is -0.440. The Balaban J connectivity index is 1.76. The second-order valence-corrected chi connectivity index (χ2v) is 4.57. The molecule has 0 aliphatic carbocycles. The monoisotopic (exact) mass is 308 g/mol. The van der Waals surface area contributed by atoms with E-state index in [1.807, 2.05) is 30.3 Å². The van der Waals surface area contributed by atoms with E-state index in [9.17, 15) is 10.1 Å². The van der Waals surface area contributed by atoms with Crippen molar-refractivity contribution < 1.29 is 4.92 Å². The maximum atomic E-state index is 10.7. The number of aromatic nitrogens is 4. The minimum Gasteiger partial charge on any atom is -0.361 e. The summed E-state index contributed by atoms with van der Waals surface area (Å²) in [6.45, 7) is 0. The third-order valence-corrected chi connectivity index (χ3v) is 3.03. The maximum Gasteiger partial charge on any atom is 0.271 e. The molecule has 3 rings (SSSR count). The first-order valence-corrected chi connectivity index (χ1v) is 6.75. The highest BCUT2D eigenvalue weighted by molar-refractivity contribution is 5.56. The lowest BCUT2D eigenvalue weighted by Crippen LogP contribution is -1.99. The van der Waals surface area contributed by atoms with Gasteiger partial charge in [-0.2, -0.15) is 4.68 Å². The lowest BCUT2D eigenvalue weighted by Gasteiger charge is -2.02. The Morgan fingerprint density at radius 3 is 2.74 bits per heavy atom. The van der Waals surface area contributed by atoms with Crippen LogP contribution in [0.1, 0.15) is 5.82 Å². The highest BCUT2D eigenvalue weighted by Gasteiger charge is 2.05. The highest BCUT2D eigenvalue weighted by atomic mass is 16.6. The minimum absolute atomic E-state index is 0.0255. The van der Waals surface area contributed by atoms with E-state index in [0.29, 0.717) is 11.5 Å². The number of hydrogen-bond acceptors (Lipinski definition) is 6. The van der Waals surface area contributed by atoms with Crippen molar-refractivity contribution in [2.75, 3.05) is 5.32 Å². The van der Waals surface area contributed by atoms with Gasteiger partial charge in [0.15, 0.2) is 5.82 Å². The van der Waals surface area contributed by atoms with E-state index >= 15 is 0 Å². The van der Waals surface area contributed by atoms with Gasteiger partial charge in [0.1, 0.15) is 0 Å². The zero-order valence-corrected chi connectivity index (χ0v) is 11.9. The van der Waals surface area contributed by atoms with Crippen molar-refractivity contribution in [1.82, 2.24) is 20.2 Å². The van der Waals surface area contributed by atoms with Crippen molar-refractivity contribution >= 4 is 17.5 Å². The van der Waals surface area contributed by atoms with E-state index in [-0.39, 0.29) is 5.69 Å². The first kappa shape index (κ1) is 14.4. The van der Waals surface area contributed by atoms with Crippen LogP contribution in [0.4, 0.5) is 11.4 Å². The third-order valence-electron chi connectivity index (χ3n) is 3.03. The summed E-state index contributed by atoms with van der Waals surface area (Å²) in [5, 5.41) is 25.2. The number of anilines is 1. The Labute approximate surface area is 131 Å². The summed E-state index contributed by atoms with van der Waals surface area (Å²) >= 11 is 0. The molecule has 2 aromatic carbocycles. The van der Waals surface area contributed by atoms with Crippen molar-refractivity contribution in [2.24, 2.45) is 0 Å². The van der Waals surface area contributed by atoms with Crippen molar-refractivity contribution in [1.29, 1.82) is 0 Å². The van der Waals surface area contributed by atoms with Crippen LogP contribution in [0.3, 0.4) is 0 Å². The fraction of sp³-hybridized carbons (Fsp3) is 0. The number of hydrogen-bond donors (Lipinski definition) is 1. The van der Waals surface area contributed by atoms with Gasteiger partial charge >= 0.3 is 0 Å². The van der Waals surface area contributed by atoms with Crippen LogP contribution in [-0.4, -0.2) is 25.1 Å². The number of nitro groups is 1. The second kappa shape index (κ2) is 6.48. The van der Waals surface area contributed by atoms with Crippen LogP contribution in [0.15, 0.2) is 60.8 Å². The highest BCUT2D eigenvalue weighted by Crippen LogP contribution is 2.17. The van der Waals surface area contributed by atoms with Gasteiger partial charge in [-0.05, 0) is 28.6 Å². The lowest BCUT2D eigenvalue weighted by molar-refractivity contribution is -0.384. The van der Waals surface area contributed by atoms with Crippen molar-refractivity contribution in [3.63, 3.8) is 0 Å². The average Bonchev–Trinajstić information content (AvgIpc) is 3.04. The van der Waals surface area contributed by atoms with Crippen LogP contribution in [0.2, 0.25) is 0 Å². The fourth-order valence-corrected chi connectivity index (χ4v) is 1.97. The largest absolute Gasteiger partial charge is 0.361 e. The van der Waals surface area contributed by atoms with Crippen molar-refractivity contribution in [3.8, 4) is 5.69 Å². The zero-order chi connectivity index (χ0) is 16.1. The molecule has 0 aliphatic rings. The van der Waals surface area contributed by atoms with E-state index in [2.05, 4.69) is 20.8 Å². The number of nitro benzene ring substituents is 1. The Morgan fingerprint density at radius 2 is 1.96 bits per heavy atom. The number of rotatable bonds is 5. The summed E-state index contributed by atoms with van der Waals surface area (Å²) in [6.07, 6.45) is 3.32. The van der Waals surface area contributed by atoms with E-state index < -0.39 is 4.92 Å². The van der Waals surface area contributed by atoms with Crippen LogP contribution < -0.4 is 5.32 Å². The van der Waals surface area contributed by atoms with Gasteiger partial charge in [-0.15, -0.1) is 5.10 Å². The summed E-state index contributed by atoms with van der Waals surface area (Å²) < 4.78 is 1.59. The molecule has 0 aliphatic heterocycles. The van der Waals surface area contributed by atoms with Crippen LogP contribution >= 0.6 is 0 Å². The Hall–Kier alpha value is -3.55. The molecule has 8 nitrogen and oxygen atoms in total. The van der Waals surface area contributed by atoms with Gasteiger partial charge < -0.3 is 5.32 Å². The third kappa shape index (κ3) is 3.38. The molecule has 0 bridgehead atoms. The van der Waals surface area contributed by atoms with Crippen molar-refractivity contribution in [3.05, 3.63) is 76.7 Å². The predicted octanol–water partition coefficient (Wildman–Crippen LogP) is 2.65. The predicted molar refractivity (Wildman–Crippen MR) is 84.9 cm³/mol. The Morgan fingerprint density at radius 1 is 1.13 bits per heavy atom. The molecular weight excluding hydrogens is 296 g/mol. The number of nitrogens with one attached hydrogen (secondary N) is 1. The maximum absolute atomic E-state index is 10.7. The van der Waals surface area contributed by atoms with Crippen LogP contribution in [0.5, 0.6) is 0 Å². The summed E-state index contributed by atoms with van der Waals surface area (Å²) in [5.41, 5.74) is 1.47. The number of tetrazole rings is 1. The van der Waals surface area contributed by atoms with Crippen LogP contribution in [0.25, 0.3) is 11.8 Å². The van der Waals surface area contributed by atoms with E-state index in [1.54, 1.807) is 29.1 Å². The zero-order valence-electron chi connectivity index (χ0n) is 11.9. The molecule has 0 spiro atoms. The van der Waals surface area contributed by atoms with Crippen molar-refractivity contribution in [2.45, 2.75) is 0 Å². The number of nitrogens with zero attached hydrogens (tertiary/aromatic N) is 5. The molecular formula is C15H12N6O2. The Kier molecular flexibility index (Phi) is 4.05. The van der Waals surface area contributed by atoms with Gasteiger partial charge in [0.25, 0.3) is 5.69 Å². The topological polar surface area (TPSA) is 98.8 Å². The standard InChI is InChI=1S/C15H12N6O2/c22-21(23)14-8-4-5-12(11-14)16-10-9-15-17-18-19-20(15)13-6-2-1-3-7-13/h1-11,16H/b10-9-. The van der Waals surface area contributed by atoms with Gasteiger partial charge in [-0.1, -0.05) is 24.3 Å². The number of non-ortho nitro benzene ring substituents is 1. The molecule has 1 heterocycles. The van der Waals surface area contributed by atoms with Crippen LogP contribution in [-0.2, 0) is 0 Å². The molecule has 0 fully saturated rings. The number of benzene rings is 2. The average molecular weight is 308 g/mol. The SMILES string of the molecule is O=[N+]([O-])c1cccc(N/C=C\c2nnnn2-c2ccccc2)c1. The summed E-state index contributed by atoms with van der Waals surface area (Å²) in [6, 6.07) is 15.7. The van der Waals surface area contributed by atoms with Crippen LogP contribution in [0, 0.1) is 10.1 Å². The molecule has 0 saturated heterocycles. The molecule has 0 atom stereocenters. The van der Waals surface area contributed by atoms with E-state index in [0.717, 1.165) is 5.69 Å². The van der Waals surface area contributed by atoms with Gasteiger partial charge in [0.05, 0.1) is 10.6 Å². The molecule has 23 heavy (non-hydrogen) atoms. The molecule has 1 aromatic heterocycles. The smallest absolute Gasteiger partial charge is 0.271 e. The van der Waals surface area contributed by atoms with Gasteiger partial charge in [0.2, 0.25) is 0 Å². The van der Waals surface area contributed by atoms with E-state index in [1.165, 1.54) is 12.1 Å². The quantitative estimate of drug-likeness (QED) is 0.574. The molecule has 3 aromatic rings. The normalized spacial score (nSPS) is 10.8. The molecule has 114 valence electrons. The summed E-state index contributed by atoms with van der Waals surface area (Å²) in [5.74, 6) is 0.536. The Bertz CT molecular complexity index is 844. The summed E-state index contributed by atoms with van der Waals surface area (Å²) in [7, 11) is 0. The van der Waals surface area contributed by atoms with Gasteiger partial charge in [-0.25, -0.2) is 0 Å². The lowest BCUT2D eigenvalue weighted by atomic mass is 10.3. The molecule has 0 amide bonds. The first-order valence-electron chi connectivity index (χ1n) is 6.75. The first-order chi connectivity index (χ1) is 11.2. The molecule has 0 unspecified atom stereocenters. The van der Waals surface area contributed by atoms with E-state index in [4.69, 9.17) is 0 Å². The van der Waals surface area contributed by atoms with Gasteiger partial charge in [0, 0.05) is 30.1 Å². The second-order valence-electron chi connectivity index (χ2n) is 4.57. The molecule has 1 N–H and O–H groups in total. The molecule has 0 saturated carbocycles. The number of para-hydroxylation sites is 1. The molecule has 0 radical (unpaired) electrons. The fourth-order valence-electron chi connectivity index (χ4n) is 1.97. The summed E-state index contributed by atoms with van der Waals surface area (Å²) in [4.78, 5) is 10.3. The molecule has 8 heteroatoms.